The van der Waals surface area contributed by atoms with Gasteiger partial charge in [-0.2, -0.15) is 4.31 Å². The summed E-state index contributed by atoms with van der Waals surface area (Å²) in [5.74, 6) is -0.470. The standard InChI is InChI=1S/C14H21NO5S/c1-5-20-14(16)12-6-8-13(9-7-12)21(17,18)15(3)11(2)10-19-4/h6-9,11H,5,10H2,1-4H3/t11-/m1/s1. The fraction of sp³-hybridized carbons (Fsp3) is 0.500. The number of hydrogen-bond donors (Lipinski definition) is 0. The number of likely N-dealkylation sites (N-methyl/N-ethyl adjacent to an activating group) is 1. The summed E-state index contributed by atoms with van der Waals surface area (Å²) in [5.41, 5.74) is 0.323. The third kappa shape index (κ3) is 4.26. The van der Waals surface area contributed by atoms with E-state index < -0.39 is 16.0 Å². The topological polar surface area (TPSA) is 72.9 Å². The van der Waals surface area contributed by atoms with Gasteiger partial charge in [-0.1, -0.05) is 0 Å². The van der Waals surface area contributed by atoms with Crippen LogP contribution in [-0.4, -0.2) is 52.1 Å². The number of hydrogen-bond acceptors (Lipinski definition) is 5. The molecule has 0 fully saturated rings. The van der Waals surface area contributed by atoms with Crippen LogP contribution in [0.5, 0.6) is 0 Å². The number of nitrogens with zero attached hydrogens (tertiary/aromatic N) is 1. The van der Waals surface area contributed by atoms with Crippen molar-refractivity contribution in [3.05, 3.63) is 29.8 Å². The fourth-order valence-corrected chi connectivity index (χ4v) is 3.07. The molecule has 0 amide bonds. The van der Waals surface area contributed by atoms with Crippen molar-refractivity contribution >= 4 is 16.0 Å². The van der Waals surface area contributed by atoms with Gasteiger partial charge in [0, 0.05) is 20.2 Å². The number of sulfonamides is 1. The Morgan fingerprint density at radius 2 is 1.86 bits per heavy atom. The average molecular weight is 315 g/mol. The number of esters is 1. The average Bonchev–Trinajstić information content (AvgIpc) is 2.47. The summed E-state index contributed by atoms with van der Waals surface area (Å²) in [4.78, 5) is 11.7. The van der Waals surface area contributed by atoms with Crippen LogP contribution in [-0.2, 0) is 19.5 Å². The van der Waals surface area contributed by atoms with E-state index in [1.54, 1.807) is 13.8 Å². The van der Waals surface area contributed by atoms with Gasteiger partial charge in [-0.15, -0.1) is 0 Å². The number of carbonyl (C=O) groups excluding carboxylic acids is 1. The highest BCUT2D eigenvalue weighted by atomic mass is 32.2. The second kappa shape index (κ2) is 7.53. The van der Waals surface area contributed by atoms with Crippen molar-refractivity contribution in [1.82, 2.24) is 4.31 Å². The predicted octanol–water partition coefficient (Wildman–Crippen LogP) is 1.52. The van der Waals surface area contributed by atoms with Gasteiger partial charge in [0.2, 0.25) is 10.0 Å². The summed E-state index contributed by atoms with van der Waals surface area (Å²) >= 11 is 0. The first-order valence-corrected chi connectivity index (χ1v) is 8.02. The van der Waals surface area contributed by atoms with Crippen molar-refractivity contribution in [3.8, 4) is 0 Å². The molecular weight excluding hydrogens is 294 g/mol. The number of ether oxygens (including phenoxy) is 2. The molecule has 6 nitrogen and oxygen atoms in total. The largest absolute Gasteiger partial charge is 0.462 e. The van der Waals surface area contributed by atoms with Gasteiger partial charge in [0.25, 0.3) is 0 Å². The molecule has 1 aromatic carbocycles. The Bertz CT molecular complexity index is 568. The quantitative estimate of drug-likeness (QED) is 0.713. The summed E-state index contributed by atoms with van der Waals surface area (Å²) in [6, 6.07) is 5.40. The minimum atomic E-state index is -3.61. The first-order valence-electron chi connectivity index (χ1n) is 6.58. The summed E-state index contributed by atoms with van der Waals surface area (Å²) in [5, 5.41) is 0. The Morgan fingerprint density at radius 1 is 1.29 bits per heavy atom. The van der Waals surface area contributed by atoms with Gasteiger partial charge < -0.3 is 9.47 Å². The van der Waals surface area contributed by atoms with Crippen LogP contribution in [0.3, 0.4) is 0 Å². The molecule has 1 rings (SSSR count). The fourth-order valence-electron chi connectivity index (χ4n) is 1.73. The maximum atomic E-state index is 12.4. The minimum absolute atomic E-state index is 0.126. The molecule has 0 saturated heterocycles. The number of rotatable bonds is 7. The molecule has 7 heteroatoms. The van der Waals surface area contributed by atoms with E-state index in [1.165, 1.54) is 42.7 Å². The van der Waals surface area contributed by atoms with E-state index in [0.29, 0.717) is 12.2 Å². The Morgan fingerprint density at radius 3 is 2.33 bits per heavy atom. The molecule has 0 aliphatic carbocycles. The number of benzene rings is 1. The maximum absolute atomic E-state index is 12.4. The van der Waals surface area contributed by atoms with Crippen LogP contribution in [0.25, 0.3) is 0 Å². The molecule has 0 heterocycles. The summed E-state index contributed by atoms with van der Waals surface area (Å²) in [6.45, 7) is 4.05. The van der Waals surface area contributed by atoms with Crippen LogP contribution in [0, 0.1) is 0 Å². The van der Waals surface area contributed by atoms with E-state index >= 15 is 0 Å². The van der Waals surface area contributed by atoms with Crippen LogP contribution < -0.4 is 0 Å². The lowest BCUT2D eigenvalue weighted by Crippen LogP contribution is -2.37. The number of methoxy groups -OCH3 is 1. The molecule has 0 aliphatic rings. The maximum Gasteiger partial charge on any atom is 0.338 e. The normalized spacial score (nSPS) is 13.2. The molecule has 0 unspecified atom stereocenters. The zero-order chi connectivity index (χ0) is 16.0. The Kier molecular flexibility index (Phi) is 6.32. The zero-order valence-corrected chi connectivity index (χ0v) is 13.5. The Hall–Kier alpha value is -1.44. The van der Waals surface area contributed by atoms with Gasteiger partial charge in [0.1, 0.15) is 0 Å². The monoisotopic (exact) mass is 315 g/mol. The van der Waals surface area contributed by atoms with E-state index in [4.69, 9.17) is 9.47 Å². The van der Waals surface area contributed by atoms with Crippen LogP contribution in [0.2, 0.25) is 0 Å². The van der Waals surface area contributed by atoms with E-state index in [1.807, 2.05) is 0 Å². The molecule has 0 bridgehead atoms. The summed E-state index contributed by atoms with van der Waals surface area (Å²) < 4.78 is 35.9. The highest BCUT2D eigenvalue weighted by Gasteiger charge is 2.25. The molecular formula is C14H21NO5S. The molecule has 21 heavy (non-hydrogen) atoms. The molecule has 0 aliphatic heterocycles. The molecule has 118 valence electrons. The zero-order valence-electron chi connectivity index (χ0n) is 12.7. The van der Waals surface area contributed by atoms with E-state index in [9.17, 15) is 13.2 Å². The summed E-state index contributed by atoms with van der Waals surface area (Å²) in [7, 11) is -0.597. The lowest BCUT2D eigenvalue weighted by Gasteiger charge is -2.23. The Labute approximate surface area is 125 Å². The molecule has 0 aromatic heterocycles. The smallest absolute Gasteiger partial charge is 0.338 e. The lowest BCUT2D eigenvalue weighted by atomic mass is 10.2. The molecule has 0 radical (unpaired) electrons. The van der Waals surface area contributed by atoms with Gasteiger partial charge in [-0.25, -0.2) is 13.2 Å². The van der Waals surface area contributed by atoms with Crippen LogP contribution >= 0.6 is 0 Å². The van der Waals surface area contributed by atoms with Crippen molar-refractivity contribution in [1.29, 1.82) is 0 Å². The molecule has 1 aromatic rings. The molecule has 0 saturated carbocycles. The Balaban J connectivity index is 2.97. The van der Waals surface area contributed by atoms with Gasteiger partial charge in [-0.05, 0) is 38.1 Å². The van der Waals surface area contributed by atoms with Crippen molar-refractivity contribution in [2.75, 3.05) is 27.4 Å². The first kappa shape index (κ1) is 17.6. The first-order chi connectivity index (χ1) is 9.84. The summed E-state index contributed by atoms with van der Waals surface area (Å²) in [6.07, 6.45) is 0. The molecule has 1 atom stereocenters. The van der Waals surface area contributed by atoms with Crippen LogP contribution in [0.4, 0.5) is 0 Å². The van der Waals surface area contributed by atoms with Crippen molar-refractivity contribution in [2.45, 2.75) is 24.8 Å². The van der Waals surface area contributed by atoms with Crippen molar-refractivity contribution in [2.24, 2.45) is 0 Å². The van der Waals surface area contributed by atoms with Gasteiger partial charge >= 0.3 is 5.97 Å². The van der Waals surface area contributed by atoms with Gasteiger partial charge in [-0.3, -0.25) is 0 Å². The van der Waals surface area contributed by atoms with Crippen LogP contribution in [0.1, 0.15) is 24.2 Å². The van der Waals surface area contributed by atoms with Gasteiger partial charge in [0.15, 0.2) is 0 Å². The van der Waals surface area contributed by atoms with E-state index in [0.717, 1.165) is 0 Å². The lowest BCUT2D eigenvalue weighted by molar-refractivity contribution is 0.0526. The van der Waals surface area contributed by atoms with Gasteiger partial charge in [0.05, 0.1) is 23.7 Å². The molecule has 0 spiro atoms. The third-order valence-corrected chi connectivity index (χ3v) is 5.06. The van der Waals surface area contributed by atoms with E-state index in [-0.39, 0.29) is 17.5 Å². The third-order valence-electron chi connectivity index (χ3n) is 3.07. The van der Waals surface area contributed by atoms with Crippen LogP contribution in [0.15, 0.2) is 29.2 Å². The highest BCUT2D eigenvalue weighted by Crippen LogP contribution is 2.17. The second-order valence-electron chi connectivity index (χ2n) is 4.57. The highest BCUT2D eigenvalue weighted by molar-refractivity contribution is 7.89. The van der Waals surface area contributed by atoms with Crippen molar-refractivity contribution in [3.63, 3.8) is 0 Å². The molecule has 0 N–H and O–H groups in total. The minimum Gasteiger partial charge on any atom is -0.462 e. The van der Waals surface area contributed by atoms with E-state index in [2.05, 4.69) is 0 Å². The second-order valence-corrected chi connectivity index (χ2v) is 6.57. The predicted molar refractivity (Wildman–Crippen MR) is 78.7 cm³/mol. The van der Waals surface area contributed by atoms with Crippen molar-refractivity contribution < 1.29 is 22.7 Å². The number of carbonyl (C=O) groups is 1. The SMILES string of the molecule is CCOC(=O)c1ccc(S(=O)(=O)N(C)[C@H](C)COC)cc1.